The molecule has 0 saturated carbocycles. The first kappa shape index (κ1) is 17.0. The number of benzene rings is 2. The largest absolute Gasteiger partial charge is 0.452 e. The molecule has 0 aliphatic heterocycles. The van der Waals surface area contributed by atoms with Crippen LogP contribution in [0.4, 0.5) is 10.1 Å². The molecule has 0 saturated heterocycles. The molecule has 120 valence electrons. The maximum absolute atomic E-state index is 12.9. The fourth-order valence-electron chi connectivity index (χ4n) is 2.00. The fraction of sp³-hybridized carbons (Fsp3) is 0.176. The van der Waals surface area contributed by atoms with Gasteiger partial charge in [-0.05, 0) is 36.2 Å². The van der Waals surface area contributed by atoms with E-state index in [1.807, 2.05) is 19.1 Å². The number of aryl methyl sites for hydroxylation is 1. The number of nitrogens with one attached hydrogen (secondary N) is 1. The highest BCUT2D eigenvalue weighted by Crippen LogP contribution is 2.18. The summed E-state index contributed by atoms with van der Waals surface area (Å²) in [5.74, 6) is -1.80. The summed E-state index contributed by atoms with van der Waals surface area (Å²) in [4.78, 5) is 23.7. The standard InChI is InChI=1S/C17H15ClFNO3/c1-2-11-5-3-4-6-15(11)20-16(21)10-23-17(22)13-8-7-12(19)9-14(13)18/h3-9H,2,10H2,1H3,(H,20,21). The molecule has 0 aliphatic carbocycles. The van der Waals surface area contributed by atoms with Gasteiger partial charge in [0.15, 0.2) is 6.61 Å². The minimum absolute atomic E-state index is 0.00910. The van der Waals surface area contributed by atoms with Crippen LogP contribution in [0.5, 0.6) is 0 Å². The molecule has 0 atom stereocenters. The molecule has 4 nitrogen and oxygen atoms in total. The third kappa shape index (κ3) is 4.53. The third-order valence-corrected chi connectivity index (χ3v) is 3.47. The number of hydrogen-bond acceptors (Lipinski definition) is 3. The number of hydrogen-bond donors (Lipinski definition) is 1. The highest BCUT2D eigenvalue weighted by atomic mass is 35.5. The van der Waals surface area contributed by atoms with E-state index in [2.05, 4.69) is 5.32 Å². The molecule has 1 N–H and O–H groups in total. The van der Waals surface area contributed by atoms with Crippen molar-refractivity contribution in [1.82, 2.24) is 0 Å². The molecule has 0 heterocycles. The number of ether oxygens (including phenoxy) is 1. The van der Waals surface area contributed by atoms with E-state index < -0.39 is 24.3 Å². The average molecular weight is 336 g/mol. The summed E-state index contributed by atoms with van der Waals surface area (Å²) in [5, 5.41) is 2.62. The van der Waals surface area contributed by atoms with Crippen LogP contribution in [0.3, 0.4) is 0 Å². The van der Waals surface area contributed by atoms with Gasteiger partial charge in [-0.2, -0.15) is 0 Å². The number of anilines is 1. The number of halogens is 2. The van der Waals surface area contributed by atoms with Gasteiger partial charge >= 0.3 is 5.97 Å². The van der Waals surface area contributed by atoms with E-state index in [9.17, 15) is 14.0 Å². The van der Waals surface area contributed by atoms with Gasteiger partial charge in [-0.1, -0.05) is 36.7 Å². The predicted octanol–water partition coefficient (Wildman–Crippen LogP) is 3.84. The maximum atomic E-state index is 12.9. The van der Waals surface area contributed by atoms with Crippen molar-refractivity contribution >= 4 is 29.2 Å². The lowest BCUT2D eigenvalue weighted by Crippen LogP contribution is -2.21. The molecule has 0 radical (unpaired) electrons. The fourth-order valence-corrected chi connectivity index (χ4v) is 2.25. The number of amides is 1. The van der Waals surface area contributed by atoms with Crippen LogP contribution in [0, 0.1) is 5.82 Å². The van der Waals surface area contributed by atoms with Crippen molar-refractivity contribution in [3.63, 3.8) is 0 Å². The van der Waals surface area contributed by atoms with Crippen molar-refractivity contribution in [2.45, 2.75) is 13.3 Å². The van der Waals surface area contributed by atoms with E-state index in [1.165, 1.54) is 6.07 Å². The Morgan fingerprint density at radius 3 is 2.65 bits per heavy atom. The summed E-state index contributed by atoms with van der Waals surface area (Å²) < 4.78 is 17.8. The lowest BCUT2D eigenvalue weighted by molar-refractivity contribution is -0.119. The minimum Gasteiger partial charge on any atom is -0.452 e. The topological polar surface area (TPSA) is 55.4 Å². The Hall–Kier alpha value is -2.40. The second-order valence-corrected chi connectivity index (χ2v) is 5.17. The van der Waals surface area contributed by atoms with Gasteiger partial charge in [-0.25, -0.2) is 9.18 Å². The smallest absolute Gasteiger partial charge is 0.340 e. The van der Waals surface area contributed by atoms with Crippen LogP contribution >= 0.6 is 11.6 Å². The zero-order valence-electron chi connectivity index (χ0n) is 12.4. The molecule has 0 aliphatic rings. The van der Waals surface area contributed by atoms with Gasteiger partial charge in [-0.3, -0.25) is 4.79 Å². The van der Waals surface area contributed by atoms with Gasteiger partial charge in [0.2, 0.25) is 0 Å². The van der Waals surface area contributed by atoms with Crippen LogP contribution in [-0.2, 0) is 16.0 Å². The average Bonchev–Trinajstić information content (AvgIpc) is 2.53. The molecule has 0 aromatic heterocycles. The van der Waals surface area contributed by atoms with Crippen molar-refractivity contribution in [3.05, 3.63) is 64.4 Å². The molecule has 2 rings (SSSR count). The van der Waals surface area contributed by atoms with Crippen molar-refractivity contribution in [3.8, 4) is 0 Å². The lowest BCUT2D eigenvalue weighted by Gasteiger charge is -2.10. The molecule has 1 amide bonds. The molecule has 6 heteroatoms. The quantitative estimate of drug-likeness (QED) is 0.845. The van der Waals surface area contributed by atoms with Gasteiger partial charge in [0.1, 0.15) is 5.82 Å². The highest BCUT2D eigenvalue weighted by molar-refractivity contribution is 6.33. The number of rotatable bonds is 5. The maximum Gasteiger partial charge on any atom is 0.340 e. The van der Waals surface area contributed by atoms with Crippen LogP contribution in [0.15, 0.2) is 42.5 Å². The lowest BCUT2D eigenvalue weighted by atomic mass is 10.1. The number of carbonyl (C=O) groups is 2. The van der Waals surface area contributed by atoms with E-state index in [0.29, 0.717) is 5.69 Å². The summed E-state index contributed by atoms with van der Waals surface area (Å²) in [6, 6.07) is 10.7. The summed E-state index contributed by atoms with van der Waals surface area (Å²) in [5.41, 5.74) is 1.67. The Morgan fingerprint density at radius 2 is 1.96 bits per heavy atom. The Morgan fingerprint density at radius 1 is 1.22 bits per heavy atom. The molecule has 0 unspecified atom stereocenters. The Labute approximate surface area is 138 Å². The van der Waals surface area contributed by atoms with Crippen LogP contribution in [0.2, 0.25) is 5.02 Å². The number of para-hydroxylation sites is 1. The van der Waals surface area contributed by atoms with Gasteiger partial charge in [-0.15, -0.1) is 0 Å². The highest BCUT2D eigenvalue weighted by Gasteiger charge is 2.14. The van der Waals surface area contributed by atoms with E-state index in [0.717, 1.165) is 24.1 Å². The monoisotopic (exact) mass is 335 g/mol. The van der Waals surface area contributed by atoms with Gasteiger partial charge < -0.3 is 10.1 Å². The van der Waals surface area contributed by atoms with Crippen LogP contribution in [-0.4, -0.2) is 18.5 Å². The van der Waals surface area contributed by atoms with E-state index in [4.69, 9.17) is 16.3 Å². The molecule has 2 aromatic rings. The van der Waals surface area contributed by atoms with Gasteiger partial charge in [0.05, 0.1) is 10.6 Å². The molecular formula is C17H15ClFNO3. The molecule has 23 heavy (non-hydrogen) atoms. The first-order chi connectivity index (χ1) is 11.0. The van der Waals surface area contributed by atoms with E-state index >= 15 is 0 Å². The summed E-state index contributed by atoms with van der Waals surface area (Å²) in [7, 11) is 0. The second-order valence-electron chi connectivity index (χ2n) is 4.76. The van der Waals surface area contributed by atoms with E-state index in [1.54, 1.807) is 12.1 Å². The van der Waals surface area contributed by atoms with Crippen LogP contribution in [0.25, 0.3) is 0 Å². The summed E-state index contributed by atoms with van der Waals surface area (Å²) in [6.07, 6.45) is 0.765. The van der Waals surface area contributed by atoms with Crippen LogP contribution in [0.1, 0.15) is 22.8 Å². The first-order valence-corrected chi connectivity index (χ1v) is 7.39. The zero-order chi connectivity index (χ0) is 16.8. The number of esters is 1. The number of carbonyl (C=O) groups excluding carboxylic acids is 2. The molecule has 0 fully saturated rings. The summed E-state index contributed by atoms with van der Waals surface area (Å²) >= 11 is 5.77. The predicted molar refractivity (Wildman–Crippen MR) is 86.1 cm³/mol. The first-order valence-electron chi connectivity index (χ1n) is 7.01. The SMILES string of the molecule is CCc1ccccc1NC(=O)COC(=O)c1ccc(F)cc1Cl. The molecular weight excluding hydrogens is 321 g/mol. The van der Waals surface area contributed by atoms with Gasteiger partial charge in [0, 0.05) is 5.69 Å². The minimum atomic E-state index is -0.783. The summed E-state index contributed by atoms with van der Waals surface area (Å²) in [6.45, 7) is 1.52. The zero-order valence-corrected chi connectivity index (χ0v) is 13.2. The van der Waals surface area contributed by atoms with Crippen LogP contribution < -0.4 is 5.32 Å². The van der Waals surface area contributed by atoms with E-state index in [-0.39, 0.29) is 10.6 Å². The van der Waals surface area contributed by atoms with Crippen molar-refractivity contribution in [1.29, 1.82) is 0 Å². The Bertz CT molecular complexity index is 734. The molecule has 0 spiro atoms. The molecule has 2 aromatic carbocycles. The Kier molecular flexibility index (Phi) is 5.71. The van der Waals surface area contributed by atoms with Crippen molar-refractivity contribution < 1.29 is 18.7 Å². The normalized spacial score (nSPS) is 10.2. The van der Waals surface area contributed by atoms with Gasteiger partial charge in [0.25, 0.3) is 5.91 Å². The van der Waals surface area contributed by atoms with Crippen molar-refractivity contribution in [2.75, 3.05) is 11.9 Å². The molecule has 0 bridgehead atoms. The second kappa shape index (κ2) is 7.74. The Balaban J connectivity index is 1.95. The van der Waals surface area contributed by atoms with Crippen molar-refractivity contribution in [2.24, 2.45) is 0 Å². The third-order valence-electron chi connectivity index (χ3n) is 3.16.